The van der Waals surface area contributed by atoms with E-state index in [0.717, 1.165) is 4.70 Å². The maximum absolute atomic E-state index is 6.04. The zero-order valence-corrected chi connectivity index (χ0v) is 12.4. The van der Waals surface area contributed by atoms with Gasteiger partial charge >= 0.3 is 0 Å². The summed E-state index contributed by atoms with van der Waals surface area (Å²) < 4.78 is 0.923. The summed E-state index contributed by atoms with van der Waals surface area (Å²) in [6.07, 6.45) is 0. The van der Waals surface area contributed by atoms with Crippen molar-refractivity contribution in [2.24, 2.45) is 5.10 Å². The molecule has 0 fully saturated rings. The van der Waals surface area contributed by atoms with Crippen LogP contribution >= 0.6 is 34.5 Å². The number of nitrogens with one attached hydrogen (secondary N) is 1. The predicted octanol–water partition coefficient (Wildman–Crippen LogP) is 3.93. The van der Waals surface area contributed by atoms with Gasteiger partial charge in [-0.3, -0.25) is 5.43 Å². The Bertz CT molecular complexity index is 832. The molecule has 1 heterocycles. The van der Waals surface area contributed by atoms with E-state index in [2.05, 4.69) is 20.7 Å². The Balaban J connectivity index is 1.98. The van der Waals surface area contributed by atoms with Crippen molar-refractivity contribution in [3.8, 4) is 0 Å². The van der Waals surface area contributed by atoms with Crippen LogP contribution in [0.3, 0.4) is 0 Å². The maximum Gasteiger partial charge on any atom is 0.248 e. The van der Waals surface area contributed by atoms with Crippen LogP contribution in [-0.2, 0) is 0 Å². The molecule has 3 rings (SSSR count). The Labute approximate surface area is 128 Å². The van der Waals surface area contributed by atoms with Crippen molar-refractivity contribution >= 4 is 50.4 Å². The van der Waals surface area contributed by atoms with Crippen LogP contribution in [0, 0.1) is 0 Å². The van der Waals surface area contributed by atoms with Gasteiger partial charge in [-0.15, -0.1) is 15.3 Å². The van der Waals surface area contributed by atoms with Crippen LogP contribution < -0.4 is 10.2 Å². The monoisotopic (exact) mass is 322 g/mol. The molecule has 0 unspecified atom stereocenters. The van der Waals surface area contributed by atoms with E-state index in [9.17, 15) is 0 Å². The number of hydrogen-bond donors (Lipinski definition) is 1. The lowest BCUT2D eigenvalue weighted by molar-refractivity contribution is 1.01. The standard InChI is InChI=1S/C13H8Cl2N4S/c14-8-4-1-2-6-10(8)16-18-13-19-17-12-9(15)5-3-7-11(12)20-13/h1-7,16H/b18-13+. The molecule has 2 aromatic carbocycles. The maximum atomic E-state index is 6.04. The van der Waals surface area contributed by atoms with Gasteiger partial charge in [-0.05, 0) is 24.3 Å². The molecule has 0 aliphatic heterocycles. The molecule has 0 atom stereocenters. The molecule has 100 valence electrons. The molecule has 0 saturated heterocycles. The highest BCUT2D eigenvalue weighted by Crippen LogP contribution is 2.22. The lowest BCUT2D eigenvalue weighted by Gasteiger charge is -2.01. The van der Waals surface area contributed by atoms with E-state index in [1.165, 1.54) is 11.3 Å². The van der Waals surface area contributed by atoms with Crippen LogP contribution in [0.5, 0.6) is 0 Å². The minimum atomic E-state index is 0.500. The molecular formula is C13H8Cl2N4S. The van der Waals surface area contributed by atoms with E-state index in [1.54, 1.807) is 12.1 Å². The number of rotatable bonds is 2. The van der Waals surface area contributed by atoms with Gasteiger partial charge in [0.2, 0.25) is 4.80 Å². The number of fused-ring (bicyclic) bond motifs is 1. The van der Waals surface area contributed by atoms with Gasteiger partial charge in [0.25, 0.3) is 0 Å². The Morgan fingerprint density at radius 2 is 1.75 bits per heavy atom. The minimum Gasteiger partial charge on any atom is -0.274 e. The third-order valence-corrected chi connectivity index (χ3v) is 4.07. The molecule has 4 nitrogen and oxygen atoms in total. The summed E-state index contributed by atoms with van der Waals surface area (Å²) in [5.41, 5.74) is 4.27. The Kier molecular flexibility index (Phi) is 3.82. The van der Waals surface area contributed by atoms with Crippen molar-refractivity contribution in [1.82, 2.24) is 10.2 Å². The zero-order chi connectivity index (χ0) is 13.9. The number of benzene rings is 2. The van der Waals surface area contributed by atoms with Gasteiger partial charge in [-0.25, -0.2) is 0 Å². The predicted molar refractivity (Wildman–Crippen MR) is 83.1 cm³/mol. The molecule has 0 bridgehead atoms. The third kappa shape index (κ3) is 2.75. The van der Waals surface area contributed by atoms with E-state index < -0.39 is 0 Å². The van der Waals surface area contributed by atoms with Gasteiger partial charge in [0.15, 0.2) is 0 Å². The number of hydrogen-bond acceptors (Lipinski definition) is 5. The zero-order valence-electron chi connectivity index (χ0n) is 10.0. The summed E-state index contributed by atoms with van der Waals surface area (Å²) in [5, 5.41) is 13.5. The van der Waals surface area contributed by atoms with Gasteiger partial charge in [0, 0.05) is 0 Å². The van der Waals surface area contributed by atoms with Gasteiger partial charge < -0.3 is 0 Å². The van der Waals surface area contributed by atoms with Crippen LogP contribution in [0.25, 0.3) is 10.2 Å². The van der Waals surface area contributed by atoms with E-state index in [0.29, 0.717) is 26.1 Å². The van der Waals surface area contributed by atoms with Crippen molar-refractivity contribution in [2.75, 3.05) is 5.43 Å². The van der Waals surface area contributed by atoms with Crippen molar-refractivity contribution in [1.29, 1.82) is 0 Å². The Morgan fingerprint density at radius 1 is 0.950 bits per heavy atom. The van der Waals surface area contributed by atoms with Crippen LogP contribution in [0.2, 0.25) is 10.0 Å². The van der Waals surface area contributed by atoms with Gasteiger partial charge in [0.05, 0.1) is 20.4 Å². The molecule has 0 saturated carbocycles. The van der Waals surface area contributed by atoms with Crippen molar-refractivity contribution in [3.63, 3.8) is 0 Å². The van der Waals surface area contributed by atoms with Gasteiger partial charge in [-0.2, -0.15) is 0 Å². The first-order chi connectivity index (χ1) is 9.74. The highest BCUT2D eigenvalue weighted by atomic mass is 35.5. The van der Waals surface area contributed by atoms with Gasteiger partial charge in [0.1, 0.15) is 5.52 Å². The molecule has 0 aliphatic carbocycles. The Hall–Kier alpha value is -1.69. The molecule has 1 aromatic heterocycles. The first-order valence-electron chi connectivity index (χ1n) is 5.70. The van der Waals surface area contributed by atoms with Crippen LogP contribution in [0.1, 0.15) is 0 Å². The largest absolute Gasteiger partial charge is 0.274 e. The first-order valence-corrected chi connectivity index (χ1v) is 7.27. The summed E-state index contributed by atoms with van der Waals surface area (Å²) in [4.78, 5) is 0.500. The molecule has 7 heteroatoms. The average Bonchev–Trinajstić information content (AvgIpc) is 2.46. The summed E-state index contributed by atoms with van der Waals surface area (Å²) in [7, 11) is 0. The van der Waals surface area contributed by atoms with Crippen LogP contribution in [-0.4, -0.2) is 10.2 Å². The molecular weight excluding hydrogens is 315 g/mol. The number of nitrogens with zero attached hydrogens (tertiary/aromatic N) is 3. The fourth-order valence-corrected chi connectivity index (χ4v) is 2.80. The van der Waals surface area contributed by atoms with Crippen molar-refractivity contribution in [3.05, 3.63) is 57.3 Å². The molecule has 0 amide bonds. The van der Waals surface area contributed by atoms with Crippen LogP contribution in [0.4, 0.5) is 5.69 Å². The normalized spacial score (nSPS) is 11.8. The quantitative estimate of drug-likeness (QED) is 0.727. The summed E-state index contributed by atoms with van der Waals surface area (Å²) >= 11 is 13.5. The second-order valence-electron chi connectivity index (χ2n) is 3.87. The third-order valence-electron chi connectivity index (χ3n) is 2.53. The summed E-state index contributed by atoms with van der Waals surface area (Å²) in [6.45, 7) is 0. The molecule has 0 spiro atoms. The minimum absolute atomic E-state index is 0.500. The summed E-state index contributed by atoms with van der Waals surface area (Å²) in [5.74, 6) is 0. The smallest absolute Gasteiger partial charge is 0.248 e. The molecule has 0 radical (unpaired) electrons. The van der Waals surface area contributed by atoms with Crippen molar-refractivity contribution < 1.29 is 0 Å². The molecule has 1 N–H and O–H groups in total. The first kappa shape index (κ1) is 13.3. The molecule has 0 aliphatic rings. The fraction of sp³-hybridized carbons (Fsp3) is 0. The average molecular weight is 323 g/mol. The number of aromatic nitrogens is 2. The van der Waals surface area contributed by atoms with E-state index in [1.807, 2.05) is 30.3 Å². The number of anilines is 1. The van der Waals surface area contributed by atoms with E-state index in [-0.39, 0.29) is 0 Å². The van der Waals surface area contributed by atoms with Crippen molar-refractivity contribution in [2.45, 2.75) is 0 Å². The number of halogens is 2. The fourth-order valence-electron chi connectivity index (χ4n) is 1.59. The molecule has 3 aromatic rings. The number of para-hydroxylation sites is 1. The van der Waals surface area contributed by atoms with E-state index in [4.69, 9.17) is 23.2 Å². The second kappa shape index (κ2) is 5.75. The Morgan fingerprint density at radius 3 is 2.60 bits per heavy atom. The van der Waals surface area contributed by atoms with Crippen LogP contribution in [0.15, 0.2) is 47.6 Å². The summed E-state index contributed by atoms with van der Waals surface area (Å²) in [6, 6.07) is 12.9. The second-order valence-corrected chi connectivity index (χ2v) is 5.70. The highest BCUT2D eigenvalue weighted by Gasteiger charge is 2.01. The molecule has 20 heavy (non-hydrogen) atoms. The van der Waals surface area contributed by atoms with E-state index >= 15 is 0 Å². The highest BCUT2D eigenvalue weighted by molar-refractivity contribution is 7.15. The lowest BCUT2D eigenvalue weighted by atomic mass is 10.3. The van der Waals surface area contributed by atoms with Gasteiger partial charge in [-0.1, -0.05) is 52.7 Å². The topological polar surface area (TPSA) is 50.2 Å². The SMILES string of the molecule is Clc1ccccc1N/N=c1\nnc2c(Cl)cccc2s1. The lowest BCUT2D eigenvalue weighted by Crippen LogP contribution is -2.08.